The van der Waals surface area contributed by atoms with Crippen molar-refractivity contribution in [2.45, 2.75) is 13.5 Å². The van der Waals surface area contributed by atoms with E-state index in [2.05, 4.69) is 15.6 Å². The van der Waals surface area contributed by atoms with E-state index in [1.54, 1.807) is 0 Å². The molecule has 1 aromatic rings. The topological polar surface area (TPSA) is 56.7 Å². The third kappa shape index (κ3) is 7.32. The summed E-state index contributed by atoms with van der Waals surface area (Å²) in [5.74, 6) is 0.673. The molecule has 0 aromatic heterocycles. The highest BCUT2D eigenvalue weighted by molar-refractivity contribution is 14.0. The normalized spacial score (nSPS) is 10.4. The third-order valence-electron chi connectivity index (χ3n) is 2.46. The molecule has 0 saturated carbocycles. The second-order valence-corrected chi connectivity index (χ2v) is 4.33. The Bertz CT molecular complexity index is 420. The molecule has 0 atom stereocenters. The third-order valence-corrected chi connectivity index (χ3v) is 2.46. The number of benzene rings is 1. The van der Waals surface area contributed by atoms with Crippen molar-refractivity contribution in [3.63, 3.8) is 0 Å². The zero-order chi connectivity index (χ0) is 14.1. The fraction of sp³-hybridized carbons (Fsp3) is 0.429. The number of nitrogens with one attached hydrogen (secondary N) is 2. The summed E-state index contributed by atoms with van der Waals surface area (Å²) in [6, 6.07) is 10.0. The first-order valence-corrected chi connectivity index (χ1v) is 6.39. The van der Waals surface area contributed by atoms with Gasteiger partial charge in [-0.05, 0) is 12.5 Å². The highest BCUT2D eigenvalue weighted by atomic mass is 127. The first-order valence-electron chi connectivity index (χ1n) is 6.39. The quantitative estimate of drug-likeness (QED) is 0.455. The van der Waals surface area contributed by atoms with Crippen LogP contribution >= 0.6 is 24.0 Å². The lowest BCUT2D eigenvalue weighted by Crippen LogP contribution is -2.42. The molecule has 0 aliphatic carbocycles. The number of hydrogen-bond acceptors (Lipinski definition) is 2. The summed E-state index contributed by atoms with van der Waals surface area (Å²) < 4.78 is 0. The zero-order valence-electron chi connectivity index (χ0n) is 12.2. The van der Waals surface area contributed by atoms with Crippen molar-refractivity contribution in [1.82, 2.24) is 15.5 Å². The van der Waals surface area contributed by atoms with Crippen LogP contribution in [-0.2, 0) is 11.3 Å². The van der Waals surface area contributed by atoms with Crippen LogP contribution in [0, 0.1) is 0 Å². The minimum Gasteiger partial charge on any atom is -0.355 e. The lowest BCUT2D eigenvalue weighted by atomic mass is 10.2. The van der Waals surface area contributed by atoms with Gasteiger partial charge in [-0.2, -0.15) is 0 Å². The Kier molecular flexibility index (Phi) is 9.79. The lowest BCUT2D eigenvalue weighted by Gasteiger charge is -2.17. The van der Waals surface area contributed by atoms with Crippen molar-refractivity contribution in [3.8, 4) is 0 Å². The fourth-order valence-electron chi connectivity index (χ4n) is 1.52. The van der Waals surface area contributed by atoms with E-state index in [0.29, 0.717) is 19.0 Å². The molecule has 2 N–H and O–H groups in total. The molecule has 0 heterocycles. The van der Waals surface area contributed by atoms with E-state index in [9.17, 15) is 4.79 Å². The van der Waals surface area contributed by atoms with Crippen LogP contribution in [0.3, 0.4) is 0 Å². The molecule has 0 bridgehead atoms. The minimum absolute atomic E-state index is 0. The highest BCUT2D eigenvalue weighted by Crippen LogP contribution is 2.00. The molecule has 0 radical (unpaired) electrons. The Morgan fingerprint density at radius 2 is 1.85 bits per heavy atom. The Balaban J connectivity index is 0.00000361. The Hall–Kier alpha value is -1.31. The fourth-order valence-corrected chi connectivity index (χ4v) is 1.52. The first-order chi connectivity index (χ1) is 9.13. The number of amides is 1. The summed E-state index contributed by atoms with van der Waals surface area (Å²) in [5.41, 5.74) is 1.14. The van der Waals surface area contributed by atoms with Crippen molar-refractivity contribution in [1.29, 1.82) is 0 Å². The average molecular weight is 390 g/mol. The van der Waals surface area contributed by atoms with Crippen molar-refractivity contribution in [2.24, 2.45) is 4.99 Å². The summed E-state index contributed by atoms with van der Waals surface area (Å²) in [6.07, 6.45) is 0. The van der Waals surface area contributed by atoms with Crippen molar-refractivity contribution < 1.29 is 4.79 Å². The number of carbonyl (C=O) groups is 1. The van der Waals surface area contributed by atoms with Crippen LogP contribution in [0.1, 0.15) is 12.5 Å². The molecule has 1 amide bonds. The number of aliphatic imine (C=N–C) groups is 1. The molecule has 0 aliphatic rings. The molecule has 0 unspecified atom stereocenters. The molecular weight excluding hydrogens is 367 g/mol. The molecule has 0 aliphatic heterocycles. The molecule has 5 nitrogen and oxygen atoms in total. The van der Waals surface area contributed by atoms with E-state index in [1.807, 2.05) is 56.3 Å². The average Bonchev–Trinajstić information content (AvgIpc) is 2.39. The summed E-state index contributed by atoms with van der Waals surface area (Å²) in [4.78, 5) is 17.7. The molecule has 20 heavy (non-hydrogen) atoms. The Labute approximate surface area is 137 Å². The van der Waals surface area contributed by atoms with Gasteiger partial charge in [0.15, 0.2) is 5.96 Å². The maximum atomic E-state index is 11.4. The maximum absolute atomic E-state index is 11.4. The van der Waals surface area contributed by atoms with Crippen molar-refractivity contribution >= 4 is 35.8 Å². The van der Waals surface area contributed by atoms with Gasteiger partial charge in [0.2, 0.25) is 5.91 Å². The van der Waals surface area contributed by atoms with Gasteiger partial charge in [-0.25, -0.2) is 4.99 Å². The number of nitrogens with zero attached hydrogens (tertiary/aromatic N) is 2. The molecule has 1 rings (SSSR count). The molecule has 112 valence electrons. The highest BCUT2D eigenvalue weighted by Gasteiger charge is 2.04. The van der Waals surface area contributed by atoms with Crippen LogP contribution in [0.4, 0.5) is 0 Å². The largest absolute Gasteiger partial charge is 0.355 e. The molecule has 0 spiro atoms. The number of rotatable bonds is 5. The van der Waals surface area contributed by atoms with Crippen LogP contribution in [0.5, 0.6) is 0 Å². The van der Waals surface area contributed by atoms with Gasteiger partial charge >= 0.3 is 0 Å². The molecule has 6 heteroatoms. The number of likely N-dealkylation sites (N-methyl/N-ethyl adjacent to an activating group) is 1. The standard InChI is InChI=1S/C14H22N4O.HI/c1-4-15-13(19)11-17-14(18(2)3)16-10-12-8-6-5-7-9-12;/h5-9H,4,10-11H2,1-3H3,(H,15,19)(H,16,17);1H. The second-order valence-electron chi connectivity index (χ2n) is 4.33. The summed E-state index contributed by atoms with van der Waals surface area (Å²) in [6.45, 7) is 3.36. The number of guanidine groups is 1. The van der Waals surface area contributed by atoms with E-state index >= 15 is 0 Å². The number of halogens is 1. The monoisotopic (exact) mass is 390 g/mol. The Morgan fingerprint density at radius 1 is 1.20 bits per heavy atom. The SMILES string of the molecule is CCNC(=O)CNC(=NCc1ccccc1)N(C)C.I. The Morgan fingerprint density at radius 3 is 2.40 bits per heavy atom. The van der Waals surface area contributed by atoms with Crippen LogP contribution in [0.25, 0.3) is 0 Å². The minimum atomic E-state index is -0.0308. The van der Waals surface area contributed by atoms with Crippen LogP contribution in [-0.4, -0.2) is 44.0 Å². The summed E-state index contributed by atoms with van der Waals surface area (Å²) >= 11 is 0. The molecular formula is C14H23IN4O. The molecule has 0 saturated heterocycles. The molecule has 0 fully saturated rings. The van der Waals surface area contributed by atoms with Crippen molar-refractivity contribution in [2.75, 3.05) is 27.2 Å². The van der Waals surface area contributed by atoms with Gasteiger partial charge in [0.05, 0.1) is 13.1 Å². The summed E-state index contributed by atoms with van der Waals surface area (Å²) in [7, 11) is 3.79. The second kappa shape index (κ2) is 10.5. The lowest BCUT2D eigenvalue weighted by molar-refractivity contribution is -0.119. The first kappa shape index (κ1) is 18.7. The number of hydrogen-bond donors (Lipinski definition) is 2. The van der Waals surface area contributed by atoms with Gasteiger partial charge < -0.3 is 15.5 Å². The van der Waals surface area contributed by atoms with Gasteiger partial charge in [0, 0.05) is 20.6 Å². The molecule has 1 aromatic carbocycles. The number of carbonyl (C=O) groups excluding carboxylic acids is 1. The van der Waals surface area contributed by atoms with E-state index in [1.165, 1.54) is 0 Å². The summed E-state index contributed by atoms with van der Waals surface area (Å²) in [5, 5.41) is 5.78. The van der Waals surface area contributed by atoms with Gasteiger partial charge in [0.25, 0.3) is 0 Å². The smallest absolute Gasteiger partial charge is 0.239 e. The maximum Gasteiger partial charge on any atom is 0.239 e. The van der Waals surface area contributed by atoms with E-state index in [4.69, 9.17) is 0 Å². The van der Waals surface area contributed by atoms with Crippen molar-refractivity contribution in [3.05, 3.63) is 35.9 Å². The van der Waals surface area contributed by atoms with Gasteiger partial charge in [0.1, 0.15) is 0 Å². The van der Waals surface area contributed by atoms with Crippen LogP contribution in [0.2, 0.25) is 0 Å². The van der Waals surface area contributed by atoms with Crippen LogP contribution < -0.4 is 10.6 Å². The van der Waals surface area contributed by atoms with E-state index in [0.717, 1.165) is 5.56 Å². The van der Waals surface area contributed by atoms with E-state index in [-0.39, 0.29) is 36.4 Å². The van der Waals surface area contributed by atoms with Gasteiger partial charge in [-0.1, -0.05) is 30.3 Å². The van der Waals surface area contributed by atoms with Gasteiger partial charge in [-0.15, -0.1) is 24.0 Å². The van der Waals surface area contributed by atoms with Crippen LogP contribution in [0.15, 0.2) is 35.3 Å². The predicted molar refractivity (Wildman–Crippen MR) is 93.4 cm³/mol. The zero-order valence-corrected chi connectivity index (χ0v) is 14.5. The predicted octanol–water partition coefficient (Wildman–Crippen LogP) is 1.45. The van der Waals surface area contributed by atoms with E-state index < -0.39 is 0 Å². The van der Waals surface area contributed by atoms with Gasteiger partial charge in [-0.3, -0.25) is 4.79 Å².